The summed E-state index contributed by atoms with van der Waals surface area (Å²) in [5.41, 5.74) is 5.15. The fourth-order valence-corrected chi connectivity index (χ4v) is 3.29. The number of nitrogens with one attached hydrogen (secondary N) is 2. The molecule has 2 N–H and O–H groups in total. The van der Waals surface area contributed by atoms with Gasteiger partial charge in [0.15, 0.2) is 5.78 Å². The Labute approximate surface area is 158 Å². The molecule has 0 fully saturated rings. The van der Waals surface area contributed by atoms with Gasteiger partial charge in [-0.1, -0.05) is 30.3 Å². The lowest BCUT2D eigenvalue weighted by molar-refractivity contribution is 0.0738. The second-order valence-electron chi connectivity index (χ2n) is 6.85. The normalized spacial score (nSPS) is 12.0. The van der Waals surface area contributed by atoms with Crippen molar-refractivity contribution < 1.29 is 9.59 Å². The second-order valence-corrected chi connectivity index (χ2v) is 6.85. The Morgan fingerprint density at radius 1 is 1.15 bits per heavy atom. The highest BCUT2D eigenvalue weighted by molar-refractivity contribution is 6.02. The van der Waals surface area contributed by atoms with Crippen molar-refractivity contribution in [3.8, 4) is 11.3 Å². The van der Waals surface area contributed by atoms with E-state index in [-0.39, 0.29) is 17.7 Å². The van der Waals surface area contributed by atoms with E-state index in [9.17, 15) is 9.59 Å². The molecule has 3 aromatic rings. The largest absolute Gasteiger partial charge is 0.355 e. The Bertz CT molecular complexity index is 985. The molecule has 0 aliphatic carbocycles. The first-order chi connectivity index (χ1) is 12.8. The van der Waals surface area contributed by atoms with Gasteiger partial charge in [-0.05, 0) is 32.4 Å². The number of amides is 1. The average molecular weight is 364 g/mol. The Kier molecular flexibility index (Phi) is 4.99. The molecule has 0 saturated heterocycles. The SMILES string of the molecule is CC(=O)c1[nH]c(C)c(C(=O)N(C)C(C)c2cc(-c3ccccc3)n[nH]2)c1C. The number of hydrogen-bond donors (Lipinski definition) is 2. The summed E-state index contributed by atoms with van der Waals surface area (Å²) in [5.74, 6) is -0.205. The number of hydrogen-bond acceptors (Lipinski definition) is 3. The molecule has 1 atom stereocenters. The highest BCUT2D eigenvalue weighted by Crippen LogP contribution is 2.26. The smallest absolute Gasteiger partial charge is 0.256 e. The number of nitrogens with zero attached hydrogens (tertiary/aromatic N) is 2. The molecule has 2 aromatic heterocycles. The molecule has 27 heavy (non-hydrogen) atoms. The third-order valence-electron chi connectivity index (χ3n) is 5.02. The van der Waals surface area contributed by atoms with Crippen molar-refractivity contribution in [3.63, 3.8) is 0 Å². The number of aromatic nitrogens is 3. The van der Waals surface area contributed by atoms with Gasteiger partial charge in [0, 0.05) is 25.2 Å². The first kappa shape index (κ1) is 18.6. The van der Waals surface area contributed by atoms with E-state index < -0.39 is 0 Å². The molecule has 1 amide bonds. The van der Waals surface area contributed by atoms with Gasteiger partial charge < -0.3 is 9.88 Å². The second kappa shape index (κ2) is 7.23. The summed E-state index contributed by atoms with van der Waals surface area (Å²) in [6, 6.07) is 11.6. The number of aromatic amines is 2. The predicted molar refractivity (Wildman–Crippen MR) is 105 cm³/mol. The molecule has 6 heteroatoms. The lowest BCUT2D eigenvalue weighted by atomic mass is 10.1. The Morgan fingerprint density at radius 3 is 2.41 bits per heavy atom. The standard InChI is InChI=1S/C21H24N4O2/c1-12-19(13(2)22-20(12)15(4)26)21(27)25(5)14(3)17-11-18(24-23-17)16-9-7-6-8-10-16/h6-11,14,22H,1-5H3,(H,23,24). The summed E-state index contributed by atoms with van der Waals surface area (Å²) in [7, 11) is 1.76. The van der Waals surface area contributed by atoms with Crippen molar-refractivity contribution in [2.75, 3.05) is 7.05 Å². The summed E-state index contributed by atoms with van der Waals surface area (Å²) in [6.45, 7) is 7.06. The van der Waals surface area contributed by atoms with Gasteiger partial charge >= 0.3 is 0 Å². The van der Waals surface area contributed by atoms with Crippen molar-refractivity contribution in [1.82, 2.24) is 20.1 Å². The molecule has 1 aromatic carbocycles. The molecule has 3 rings (SSSR count). The van der Waals surface area contributed by atoms with Crippen molar-refractivity contribution in [3.05, 3.63) is 64.6 Å². The van der Waals surface area contributed by atoms with Crippen molar-refractivity contribution >= 4 is 11.7 Å². The lowest BCUT2D eigenvalue weighted by Crippen LogP contribution is -2.30. The fraction of sp³-hybridized carbons (Fsp3) is 0.286. The highest BCUT2D eigenvalue weighted by atomic mass is 16.2. The van der Waals surface area contributed by atoms with Crippen molar-refractivity contribution in [1.29, 1.82) is 0 Å². The fourth-order valence-electron chi connectivity index (χ4n) is 3.29. The van der Waals surface area contributed by atoms with Gasteiger partial charge in [0.05, 0.1) is 28.7 Å². The maximum absolute atomic E-state index is 13.1. The van der Waals surface area contributed by atoms with Crippen molar-refractivity contribution in [2.45, 2.75) is 33.7 Å². The number of rotatable bonds is 5. The minimum Gasteiger partial charge on any atom is -0.355 e. The van der Waals surface area contributed by atoms with Crippen LogP contribution in [0.25, 0.3) is 11.3 Å². The zero-order valence-corrected chi connectivity index (χ0v) is 16.3. The number of Topliss-reactive ketones (excluding diaryl/α,β-unsaturated/α-hetero) is 1. The Morgan fingerprint density at radius 2 is 1.81 bits per heavy atom. The third kappa shape index (κ3) is 3.43. The maximum atomic E-state index is 13.1. The summed E-state index contributed by atoms with van der Waals surface area (Å²) >= 11 is 0. The monoisotopic (exact) mass is 364 g/mol. The molecule has 6 nitrogen and oxygen atoms in total. The lowest BCUT2D eigenvalue weighted by Gasteiger charge is -2.24. The first-order valence-corrected chi connectivity index (χ1v) is 8.89. The van der Waals surface area contributed by atoms with Gasteiger partial charge in [-0.2, -0.15) is 5.10 Å². The van der Waals surface area contributed by atoms with Gasteiger partial charge in [-0.25, -0.2) is 0 Å². The van der Waals surface area contributed by atoms with Crippen molar-refractivity contribution in [2.24, 2.45) is 0 Å². The zero-order valence-electron chi connectivity index (χ0n) is 16.3. The molecular weight excluding hydrogens is 340 g/mol. The Hall–Kier alpha value is -3.15. The van der Waals surface area contributed by atoms with Crippen LogP contribution in [0, 0.1) is 13.8 Å². The first-order valence-electron chi connectivity index (χ1n) is 8.89. The average Bonchev–Trinajstić information content (AvgIpc) is 3.25. The number of benzene rings is 1. The molecule has 2 heterocycles. The van der Waals surface area contributed by atoms with E-state index in [2.05, 4.69) is 15.2 Å². The van der Waals surface area contributed by atoms with Crippen LogP contribution in [0.1, 0.15) is 57.7 Å². The topological polar surface area (TPSA) is 81.8 Å². The van der Waals surface area contributed by atoms with E-state index in [0.29, 0.717) is 22.5 Å². The quantitative estimate of drug-likeness (QED) is 0.670. The van der Waals surface area contributed by atoms with Crippen LogP contribution in [0.15, 0.2) is 36.4 Å². The molecule has 0 spiro atoms. The number of carbonyl (C=O) groups is 2. The molecule has 0 aliphatic heterocycles. The number of aryl methyl sites for hydroxylation is 1. The van der Waals surface area contributed by atoms with Crippen LogP contribution < -0.4 is 0 Å². The minimum atomic E-state index is -0.197. The summed E-state index contributed by atoms with van der Waals surface area (Å²) < 4.78 is 0. The van der Waals surface area contributed by atoms with Crippen LogP contribution in [-0.2, 0) is 0 Å². The van der Waals surface area contributed by atoms with Crippen LogP contribution in [0.3, 0.4) is 0 Å². The molecule has 0 bridgehead atoms. The molecular formula is C21H24N4O2. The van der Waals surface area contributed by atoms with E-state index in [0.717, 1.165) is 17.0 Å². The summed E-state index contributed by atoms with van der Waals surface area (Å²) in [4.78, 5) is 29.5. The molecule has 0 aliphatic rings. The van der Waals surface area contributed by atoms with Crippen LogP contribution in [0.2, 0.25) is 0 Å². The van der Waals surface area contributed by atoms with Crippen LogP contribution in [0.4, 0.5) is 0 Å². The number of ketones is 1. The minimum absolute atomic E-state index is 0.0774. The van der Waals surface area contributed by atoms with E-state index in [1.807, 2.05) is 50.2 Å². The van der Waals surface area contributed by atoms with Gasteiger partial charge in [0.1, 0.15) is 0 Å². The van der Waals surface area contributed by atoms with Crippen LogP contribution in [0.5, 0.6) is 0 Å². The van der Waals surface area contributed by atoms with Gasteiger partial charge in [-0.15, -0.1) is 0 Å². The van der Waals surface area contributed by atoms with E-state index >= 15 is 0 Å². The maximum Gasteiger partial charge on any atom is 0.256 e. The van der Waals surface area contributed by atoms with Gasteiger partial charge in [0.2, 0.25) is 0 Å². The van der Waals surface area contributed by atoms with Crippen LogP contribution >= 0.6 is 0 Å². The van der Waals surface area contributed by atoms with E-state index in [1.165, 1.54) is 6.92 Å². The number of H-pyrrole nitrogens is 2. The highest BCUT2D eigenvalue weighted by Gasteiger charge is 2.26. The van der Waals surface area contributed by atoms with Crippen LogP contribution in [-0.4, -0.2) is 38.8 Å². The van der Waals surface area contributed by atoms with Gasteiger partial charge in [0.25, 0.3) is 5.91 Å². The summed E-state index contributed by atoms with van der Waals surface area (Å²) in [6.07, 6.45) is 0. The predicted octanol–water partition coefficient (Wildman–Crippen LogP) is 4.06. The number of carbonyl (C=O) groups excluding carboxylic acids is 2. The third-order valence-corrected chi connectivity index (χ3v) is 5.02. The zero-order chi connectivity index (χ0) is 19.7. The molecule has 140 valence electrons. The summed E-state index contributed by atoms with van der Waals surface area (Å²) in [5, 5.41) is 7.41. The molecule has 0 radical (unpaired) electrons. The Balaban J connectivity index is 1.86. The van der Waals surface area contributed by atoms with E-state index in [1.54, 1.807) is 18.9 Å². The van der Waals surface area contributed by atoms with E-state index in [4.69, 9.17) is 0 Å². The molecule has 0 saturated carbocycles. The van der Waals surface area contributed by atoms with Gasteiger partial charge in [-0.3, -0.25) is 14.7 Å². The molecule has 1 unspecified atom stereocenters.